The molecule has 2 heterocycles. The van der Waals surface area contributed by atoms with Crippen LogP contribution >= 0.6 is 0 Å². The average molecular weight is 325 g/mol. The minimum absolute atomic E-state index is 0.0381. The Hall–Kier alpha value is -2.34. The zero-order valence-electron chi connectivity index (χ0n) is 13.9. The number of benzene rings is 1. The van der Waals surface area contributed by atoms with Gasteiger partial charge in [0.25, 0.3) is 5.91 Å². The Labute approximate surface area is 141 Å². The summed E-state index contributed by atoms with van der Waals surface area (Å²) in [5.41, 5.74) is 17.4. The SMILES string of the molecule is Cc1ccc2c(c1)[C@@H](C(=O)n1nc3c(c1N)CCC(N)C3)CCN2. The quantitative estimate of drug-likeness (QED) is 0.743. The lowest BCUT2D eigenvalue weighted by Crippen LogP contribution is -2.28. The van der Waals surface area contributed by atoms with E-state index < -0.39 is 0 Å². The van der Waals surface area contributed by atoms with Crippen LogP contribution in [0, 0.1) is 6.92 Å². The van der Waals surface area contributed by atoms with Gasteiger partial charge in [-0.3, -0.25) is 4.79 Å². The van der Waals surface area contributed by atoms with Gasteiger partial charge >= 0.3 is 0 Å². The van der Waals surface area contributed by atoms with E-state index in [1.807, 2.05) is 13.0 Å². The van der Waals surface area contributed by atoms with Crippen LogP contribution < -0.4 is 16.8 Å². The lowest BCUT2D eigenvalue weighted by atomic mass is 9.89. The van der Waals surface area contributed by atoms with Crippen LogP contribution in [-0.2, 0) is 12.8 Å². The van der Waals surface area contributed by atoms with Crippen molar-refractivity contribution in [3.63, 3.8) is 0 Å². The normalized spacial score (nSPS) is 22.4. The van der Waals surface area contributed by atoms with Gasteiger partial charge in [0.1, 0.15) is 5.82 Å². The monoisotopic (exact) mass is 325 g/mol. The van der Waals surface area contributed by atoms with Crippen LogP contribution in [-0.4, -0.2) is 28.3 Å². The molecule has 1 aliphatic heterocycles. The highest BCUT2D eigenvalue weighted by Crippen LogP contribution is 2.35. The van der Waals surface area contributed by atoms with Crippen molar-refractivity contribution in [1.82, 2.24) is 9.78 Å². The number of nitrogens with one attached hydrogen (secondary N) is 1. The number of nitrogens with zero attached hydrogens (tertiary/aromatic N) is 2. The fraction of sp³-hybridized carbons (Fsp3) is 0.444. The molecule has 0 saturated carbocycles. The van der Waals surface area contributed by atoms with Crippen molar-refractivity contribution in [2.45, 2.75) is 44.6 Å². The summed E-state index contributed by atoms with van der Waals surface area (Å²) in [5.74, 6) is 0.247. The molecule has 126 valence electrons. The highest BCUT2D eigenvalue weighted by atomic mass is 16.2. The number of rotatable bonds is 1. The number of aryl methyl sites for hydroxylation is 1. The van der Waals surface area contributed by atoms with Gasteiger partial charge in [-0.1, -0.05) is 17.7 Å². The molecule has 24 heavy (non-hydrogen) atoms. The van der Waals surface area contributed by atoms with E-state index >= 15 is 0 Å². The summed E-state index contributed by atoms with van der Waals surface area (Å²) in [5, 5.41) is 7.88. The second-order valence-electron chi connectivity index (χ2n) is 6.92. The maximum atomic E-state index is 13.2. The number of anilines is 2. The summed E-state index contributed by atoms with van der Waals surface area (Å²) in [7, 11) is 0. The molecule has 1 aromatic carbocycles. The molecule has 6 nitrogen and oxygen atoms in total. The molecule has 2 aliphatic rings. The van der Waals surface area contributed by atoms with Crippen LogP contribution in [0.4, 0.5) is 11.5 Å². The van der Waals surface area contributed by atoms with Crippen LogP contribution in [0.3, 0.4) is 0 Å². The van der Waals surface area contributed by atoms with Gasteiger partial charge in [0.2, 0.25) is 0 Å². The molecule has 1 unspecified atom stereocenters. The zero-order valence-corrected chi connectivity index (χ0v) is 13.9. The van der Waals surface area contributed by atoms with Crippen molar-refractivity contribution in [2.24, 2.45) is 5.73 Å². The van der Waals surface area contributed by atoms with E-state index in [0.717, 1.165) is 53.9 Å². The first-order chi connectivity index (χ1) is 11.5. The van der Waals surface area contributed by atoms with E-state index in [9.17, 15) is 4.79 Å². The Morgan fingerprint density at radius 1 is 1.38 bits per heavy atom. The highest BCUT2D eigenvalue weighted by Gasteiger charge is 2.32. The number of aromatic nitrogens is 2. The van der Waals surface area contributed by atoms with Gasteiger partial charge in [0.05, 0.1) is 11.6 Å². The molecular weight excluding hydrogens is 302 g/mol. The summed E-state index contributed by atoms with van der Waals surface area (Å²) in [6, 6.07) is 6.29. The molecule has 2 aromatic rings. The molecule has 1 aliphatic carbocycles. The summed E-state index contributed by atoms with van der Waals surface area (Å²) >= 11 is 0. The Morgan fingerprint density at radius 3 is 3.04 bits per heavy atom. The second-order valence-corrected chi connectivity index (χ2v) is 6.92. The first-order valence-electron chi connectivity index (χ1n) is 8.55. The first kappa shape index (κ1) is 15.2. The lowest BCUT2D eigenvalue weighted by Gasteiger charge is -2.26. The third kappa shape index (κ3) is 2.38. The van der Waals surface area contributed by atoms with E-state index in [1.165, 1.54) is 4.68 Å². The minimum atomic E-state index is -0.210. The van der Waals surface area contributed by atoms with Gasteiger partial charge < -0.3 is 16.8 Å². The van der Waals surface area contributed by atoms with Crippen LogP contribution in [0.15, 0.2) is 18.2 Å². The van der Waals surface area contributed by atoms with Gasteiger partial charge in [-0.2, -0.15) is 9.78 Å². The Morgan fingerprint density at radius 2 is 2.21 bits per heavy atom. The number of carbonyl (C=O) groups excluding carboxylic acids is 1. The Balaban J connectivity index is 1.72. The first-order valence-corrected chi connectivity index (χ1v) is 8.55. The van der Waals surface area contributed by atoms with Gasteiger partial charge in [-0.15, -0.1) is 0 Å². The van der Waals surface area contributed by atoms with Gasteiger partial charge in [-0.25, -0.2) is 0 Å². The maximum absolute atomic E-state index is 13.2. The molecule has 2 atom stereocenters. The van der Waals surface area contributed by atoms with Crippen molar-refractivity contribution in [3.05, 3.63) is 40.6 Å². The Bertz CT molecular complexity index is 810. The van der Waals surface area contributed by atoms with Gasteiger partial charge in [0, 0.05) is 30.3 Å². The molecule has 6 heteroatoms. The molecule has 4 rings (SSSR count). The van der Waals surface area contributed by atoms with Gasteiger partial charge in [-0.05, 0) is 37.8 Å². The molecule has 5 N–H and O–H groups in total. The predicted molar refractivity (Wildman–Crippen MR) is 94.3 cm³/mol. The number of nitrogens with two attached hydrogens (primary N) is 2. The molecule has 0 spiro atoms. The van der Waals surface area contributed by atoms with Crippen molar-refractivity contribution in [1.29, 1.82) is 0 Å². The van der Waals surface area contributed by atoms with Crippen LogP contribution in [0.2, 0.25) is 0 Å². The summed E-state index contributed by atoms with van der Waals surface area (Å²) in [6.45, 7) is 2.82. The van der Waals surface area contributed by atoms with Gasteiger partial charge in [0.15, 0.2) is 0 Å². The van der Waals surface area contributed by atoms with E-state index in [0.29, 0.717) is 12.2 Å². The van der Waals surface area contributed by atoms with E-state index in [4.69, 9.17) is 11.5 Å². The molecule has 0 radical (unpaired) electrons. The average Bonchev–Trinajstić information content (AvgIpc) is 2.89. The number of fused-ring (bicyclic) bond motifs is 2. The van der Waals surface area contributed by atoms with Crippen molar-refractivity contribution in [2.75, 3.05) is 17.6 Å². The number of nitrogen functional groups attached to an aromatic ring is 1. The number of hydrogen-bond acceptors (Lipinski definition) is 5. The topological polar surface area (TPSA) is 99.0 Å². The molecular formula is C18H23N5O. The number of carbonyl (C=O) groups is 1. The van der Waals surface area contributed by atoms with E-state index in [2.05, 4.69) is 22.5 Å². The summed E-state index contributed by atoms with van der Waals surface area (Å²) in [4.78, 5) is 13.2. The zero-order chi connectivity index (χ0) is 16.8. The second kappa shape index (κ2) is 5.63. The van der Waals surface area contributed by atoms with Crippen molar-refractivity contribution >= 4 is 17.4 Å². The third-order valence-electron chi connectivity index (χ3n) is 5.16. The van der Waals surface area contributed by atoms with E-state index in [1.54, 1.807) is 0 Å². The Kier molecular flexibility index (Phi) is 3.57. The summed E-state index contributed by atoms with van der Waals surface area (Å²) < 4.78 is 1.42. The van der Waals surface area contributed by atoms with E-state index in [-0.39, 0.29) is 17.9 Å². The van der Waals surface area contributed by atoms with Crippen molar-refractivity contribution < 1.29 is 4.79 Å². The molecule has 1 aromatic heterocycles. The predicted octanol–water partition coefficient (Wildman–Crippen LogP) is 1.83. The largest absolute Gasteiger partial charge is 0.385 e. The lowest BCUT2D eigenvalue weighted by molar-refractivity contribution is 0.0859. The standard InChI is InChI=1S/C18H23N5O/c1-10-2-5-15-14(8-10)12(6-7-21-15)18(24)23-17(20)13-4-3-11(19)9-16(13)22-23/h2,5,8,11-12,21H,3-4,6-7,9,19-20H2,1H3/t11?,12-/m0/s1. The highest BCUT2D eigenvalue weighted by molar-refractivity contribution is 5.90. The fourth-order valence-electron chi connectivity index (χ4n) is 3.84. The fourth-order valence-corrected chi connectivity index (χ4v) is 3.84. The number of hydrogen-bond donors (Lipinski definition) is 3. The molecule has 0 saturated heterocycles. The minimum Gasteiger partial charge on any atom is -0.385 e. The van der Waals surface area contributed by atoms with Crippen LogP contribution in [0.25, 0.3) is 0 Å². The van der Waals surface area contributed by atoms with Crippen LogP contribution in [0.5, 0.6) is 0 Å². The van der Waals surface area contributed by atoms with Crippen molar-refractivity contribution in [3.8, 4) is 0 Å². The maximum Gasteiger partial charge on any atom is 0.256 e. The smallest absolute Gasteiger partial charge is 0.256 e. The summed E-state index contributed by atoms with van der Waals surface area (Å²) in [6.07, 6.45) is 3.14. The third-order valence-corrected chi connectivity index (χ3v) is 5.16. The molecule has 0 bridgehead atoms. The molecule has 0 fully saturated rings. The van der Waals surface area contributed by atoms with Crippen LogP contribution in [0.1, 0.15) is 45.9 Å². The molecule has 0 amide bonds.